The van der Waals surface area contributed by atoms with E-state index in [0.29, 0.717) is 31.5 Å². The average Bonchev–Trinajstić information content (AvgIpc) is 2.57. The van der Waals surface area contributed by atoms with Crippen molar-refractivity contribution < 1.29 is 19.8 Å². The number of urea groups is 1. The molecule has 3 amide bonds. The summed E-state index contributed by atoms with van der Waals surface area (Å²) in [5, 5.41) is 23.7. The van der Waals surface area contributed by atoms with Crippen LogP contribution in [0.4, 0.5) is 4.79 Å². The van der Waals surface area contributed by atoms with Gasteiger partial charge in [-0.2, -0.15) is 0 Å². The van der Waals surface area contributed by atoms with Gasteiger partial charge in [0.25, 0.3) is 5.91 Å². The zero-order valence-electron chi connectivity index (χ0n) is 12.9. The second kappa shape index (κ2) is 8.50. The van der Waals surface area contributed by atoms with E-state index in [9.17, 15) is 14.7 Å². The van der Waals surface area contributed by atoms with E-state index in [1.165, 1.54) is 0 Å². The summed E-state index contributed by atoms with van der Waals surface area (Å²) in [5.74, 6) is -0.362. The molecule has 0 saturated carbocycles. The molecule has 0 aliphatic carbocycles. The fraction of sp³-hybridized carbons (Fsp3) is 0.500. The topological polar surface area (TPSA) is 102 Å². The maximum absolute atomic E-state index is 12.1. The fourth-order valence-corrected chi connectivity index (χ4v) is 2.55. The zero-order valence-corrected chi connectivity index (χ0v) is 12.9. The van der Waals surface area contributed by atoms with Gasteiger partial charge < -0.3 is 25.7 Å². The number of hydrogen-bond acceptors (Lipinski definition) is 4. The first kappa shape index (κ1) is 17.2. The second-order valence-corrected chi connectivity index (χ2v) is 5.64. The number of carbonyl (C=O) groups excluding carboxylic acids is 2. The number of aliphatic hydroxyl groups excluding tert-OH is 2. The molecule has 1 aromatic rings. The van der Waals surface area contributed by atoms with Crippen LogP contribution in [0.3, 0.4) is 0 Å². The Bertz CT molecular complexity index is 523. The summed E-state index contributed by atoms with van der Waals surface area (Å²) in [6.45, 7) is 0.796. The van der Waals surface area contributed by atoms with Gasteiger partial charge in [0.2, 0.25) is 0 Å². The van der Waals surface area contributed by atoms with Gasteiger partial charge in [-0.3, -0.25) is 4.79 Å². The van der Waals surface area contributed by atoms with Gasteiger partial charge in [0.05, 0.1) is 0 Å². The van der Waals surface area contributed by atoms with Crippen molar-refractivity contribution in [2.45, 2.75) is 19.0 Å². The molecule has 1 aliphatic rings. The van der Waals surface area contributed by atoms with Gasteiger partial charge in [0, 0.05) is 44.2 Å². The van der Waals surface area contributed by atoms with Crippen molar-refractivity contribution in [3.8, 4) is 0 Å². The number of carbonyl (C=O) groups is 2. The lowest BCUT2D eigenvalue weighted by molar-refractivity contribution is 0.0900. The molecule has 0 bridgehead atoms. The van der Waals surface area contributed by atoms with Crippen molar-refractivity contribution in [2.75, 3.05) is 26.3 Å². The first-order chi connectivity index (χ1) is 11.1. The van der Waals surface area contributed by atoms with E-state index in [2.05, 4.69) is 10.6 Å². The number of hydrogen-bond donors (Lipinski definition) is 4. The molecule has 0 aromatic heterocycles. The lowest BCUT2D eigenvalue weighted by Crippen LogP contribution is -2.58. The Morgan fingerprint density at radius 3 is 2.70 bits per heavy atom. The maximum Gasteiger partial charge on any atom is 0.319 e. The van der Waals surface area contributed by atoms with Crippen LogP contribution in [0, 0.1) is 5.92 Å². The molecule has 2 rings (SSSR count). The number of nitrogens with one attached hydrogen (secondary N) is 2. The molecule has 1 aliphatic heterocycles. The van der Waals surface area contributed by atoms with Crippen LogP contribution in [0.1, 0.15) is 23.2 Å². The first-order valence-electron chi connectivity index (χ1n) is 7.77. The molecule has 2 unspecified atom stereocenters. The molecular formula is C16H23N3O4. The highest BCUT2D eigenvalue weighted by Gasteiger charge is 2.27. The minimum Gasteiger partial charge on any atom is -0.396 e. The summed E-state index contributed by atoms with van der Waals surface area (Å²) in [5.41, 5.74) is 0.549. The third-order valence-corrected chi connectivity index (χ3v) is 3.89. The average molecular weight is 321 g/mol. The monoisotopic (exact) mass is 321 g/mol. The highest BCUT2D eigenvalue weighted by atomic mass is 16.3. The number of rotatable bonds is 7. The normalized spacial score (nSPS) is 19.1. The third kappa shape index (κ3) is 4.94. The van der Waals surface area contributed by atoms with Crippen LogP contribution in [-0.4, -0.2) is 59.5 Å². The summed E-state index contributed by atoms with van der Waals surface area (Å²) in [4.78, 5) is 25.8. The lowest BCUT2D eigenvalue weighted by atomic mass is 10.1. The number of amides is 3. The van der Waals surface area contributed by atoms with Crippen molar-refractivity contribution in [1.29, 1.82) is 0 Å². The van der Waals surface area contributed by atoms with Crippen LogP contribution in [0.25, 0.3) is 0 Å². The van der Waals surface area contributed by atoms with Gasteiger partial charge in [0.1, 0.15) is 6.17 Å². The van der Waals surface area contributed by atoms with Crippen molar-refractivity contribution in [3.63, 3.8) is 0 Å². The number of benzene rings is 1. The molecule has 23 heavy (non-hydrogen) atoms. The van der Waals surface area contributed by atoms with Crippen LogP contribution in [0.5, 0.6) is 0 Å². The maximum atomic E-state index is 12.1. The van der Waals surface area contributed by atoms with Crippen LogP contribution in [0.15, 0.2) is 30.3 Å². The van der Waals surface area contributed by atoms with E-state index in [4.69, 9.17) is 5.11 Å². The quantitative estimate of drug-likeness (QED) is 0.574. The third-order valence-electron chi connectivity index (χ3n) is 3.89. The molecule has 4 N–H and O–H groups in total. The Kier molecular flexibility index (Phi) is 6.37. The van der Waals surface area contributed by atoms with Crippen molar-refractivity contribution in [1.82, 2.24) is 15.5 Å². The molecule has 2 atom stereocenters. The van der Waals surface area contributed by atoms with E-state index >= 15 is 0 Å². The Balaban J connectivity index is 1.84. The van der Waals surface area contributed by atoms with Crippen molar-refractivity contribution >= 4 is 11.9 Å². The Morgan fingerprint density at radius 1 is 1.35 bits per heavy atom. The van der Waals surface area contributed by atoms with Gasteiger partial charge >= 0.3 is 6.03 Å². The molecule has 0 radical (unpaired) electrons. The predicted octanol–water partition coefficient (Wildman–Crippen LogP) is 0.149. The first-order valence-corrected chi connectivity index (χ1v) is 7.77. The largest absolute Gasteiger partial charge is 0.396 e. The molecule has 1 heterocycles. The van der Waals surface area contributed by atoms with Gasteiger partial charge in [0.15, 0.2) is 0 Å². The SMILES string of the molecule is O=C(NC1CCN(CC(CO)CCO)C(=O)N1)c1ccccc1. The van der Waals surface area contributed by atoms with E-state index in [-0.39, 0.29) is 31.1 Å². The van der Waals surface area contributed by atoms with Crippen LogP contribution < -0.4 is 10.6 Å². The Labute approximate surface area is 135 Å². The van der Waals surface area contributed by atoms with E-state index in [1.54, 1.807) is 29.2 Å². The number of nitrogens with zero attached hydrogens (tertiary/aromatic N) is 1. The van der Waals surface area contributed by atoms with E-state index < -0.39 is 6.17 Å². The molecule has 7 heteroatoms. The van der Waals surface area contributed by atoms with Gasteiger partial charge in [-0.1, -0.05) is 18.2 Å². The highest BCUT2D eigenvalue weighted by molar-refractivity contribution is 5.94. The molecule has 0 spiro atoms. The molecule has 1 aromatic carbocycles. The highest BCUT2D eigenvalue weighted by Crippen LogP contribution is 2.10. The summed E-state index contributed by atoms with van der Waals surface area (Å²) >= 11 is 0. The minimum absolute atomic E-state index is 0.0174. The molecule has 1 fully saturated rings. The lowest BCUT2D eigenvalue weighted by Gasteiger charge is -2.35. The summed E-state index contributed by atoms with van der Waals surface area (Å²) in [6.07, 6.45) is 0.632. The fourth-order valence-electron chi connectivity index (χ4n) is 2.55. The standard InChI is InChI=1S/C16H23N3O4/c20-9-7-12(11-21)10-19-8-6-14(18-16(19)23)17-15(22)13-4-2-1-3-5-13/h1-5,12,14,20-21H,6-11H2,(H,17,22)(H,18,23). The van der Waals surface area contributed by atoms with Crippen LogP contribution >= 0.6 is 0 Å². The van der Waals surface area contributed by atoms with Crippen LogP contribution in [0.2, 0.25) is 0 Å². The Morgan fingerprint density at radius 2 is 2.09 bits per heavy atom. The molecular weight excluding hydrogens is 298 g/mol. The summed E-state index contributed by atoms with van der Waals surface area (Å²) in [7, 11) is 0. The second-order valence-electron chi connectivity index (χ2n) is 5.64. The van der Waals surface area contributed by atoms with Crippen molar-refractivity contribution in [3.05, 3.63) is 35.9 Å². The van der Waals surface area contributed by atoms with Crippen LogP contribution in [-0.2, 0) is 0 Å². The smallest absolute Gasteiger partial charge is 0.319 e. The summed E-state index contributed by atoms with van der Waals surface area (Å²) < 4.78 is 0. The van der Waals surface area contributed by atoms with Gasteiger partial charge in [-0.25, -0.2) is 4.79 Å². The van der Waals surface area contributed by atoms with E-state index in [0.717, 1.165) is 0 Å². The van der Waals surface area contributed by atoms with Crippen molar-refractivity contribution in [2.24, 2.45) is 5.92 Å². The molecule has 1 saturated heterocycles. The molecule has 126 valence electrons. The van der Waals surface area contributed by atoms with Gasteiger partial charge in [-0.15, -0.1) is 0 Å². The van der Waals surface area contributed by atoms with E-state index in [1.807, 2.05) is 6.07 Å². The minimum atomic E-state index is -0.406. The van der Waals surface area contributed by atoms with Gasteiger partial charge in [-0.05, 0) is 18.6 Å². The summed E-state index contributed by atoms with van der Waals surface area (Å²) in [6, 6.07) is 8.56. The zero-order chi connectivity index (χ0) is 16.7. The predicted molar refractivity (Wildman–Crippen MR) is 84.7 cm³/mol. The molecule has 7 nitrogen and oxygen atoms in total. The number of aliphatic hydroxyl groups is 2. The Hall–Kier alpha value is -2.12.